The average molecular weight is 337 g/mol. The normalized spacial score (nSPS) is 21.2. The molecule has 1 saturated heterocycles. The largest absolute Gasteiger partial charge is 0.387 e. The molecule has 0 radical (unpaired) electrons. The fourth-order valence-electron chi connectivity index (χ4n) is 3.16. The van der Waals surface area contributed by atoms with E-state index in [2.05, 4.69) is 10.4 Å². The number of carbonyl (C=O) groups excluding carboxylic acids is 2. The van der Waals surface area contributed by atoms with Crippen LogP contribution in [-0.4, -0.2) is 82.9 Å². The van der Waals surface area contributed by atoms with Crippen LogP contribution in [0.4, 0.5) is 0 Å². The van der Waals surface area contributed by atoms with Crippen molar-refractivity contribution in [2.75, 3.05) is 40.8 Å². The van der Waals surface area contributed by atoms with E-state index >= 15 is 0 Å². The molecule has 0 spiro atoms. The van der Waals surface area contributed by atoms with Crippen molar-refractivity contribution in [2.45, 2.75) is 31.9 Å². The zero-order valence-corrected chi connectivity index (χ0v) is 14.9. The van der Waals surface area contributed by atoms with E-state index in [-0.39, 0.29) is 18.4 Å². The van der Waals surface area contributed by atoms with Crippen LogP contribution in [0.2, 0.25) is 0 Å². The van der Waals surface area contributed by atoms with E-state index in [9.17, 15) is 14.7 Å². The number of amides is 2. The summed E-state index contributed by atoms with van der Waals surface area (Å²) >= 11 is 0. The van der Waals surface area contributed by atoms with Crippen LogP contribution in [0.25, 0.3) is 0 Å². The second-order valence-electron chi connectivity index (χ2n) is 6.79. The van der Waals surface area contributed by atoms with Crippen molar-refractivity contribution >= 4 is 11.8 Å². The molecule has 8 heteroatoms. The standard InChI is InChI=1S/C16H27N5O3/c1-12-8-13(18-21(12)9-14(22)17-2)15(23)20-7-5-6-16(24,11-20)10-19(3)4/h8,24H,5-7,9-11H2,1-4H3,(H,17,22). The van der Waals surface area contributed by atoms with Crippen LogP contribution < -0.4 is 5.32 Å². The Morgan fingerprint density at radius 1 is 1.46 bits per heavy atom. The first kappa shape index (κ1) is 18.4. The quantitative estimate of drug-likeness (QED) is 0.753. The Morgan fingerprint density at radius 2 is 2.17 bits per heavy atom. The molecule has 2 rings (SSSR count). The van der Waals surface area contributed by atoms with Crippen molar-refractivity contribution in [3.63, 3.8) is 0 Å². The monoisotopic (exact) mass is 337 g/mol. The maximum atomic E-state index is 12.7. The Balaban J connectivity index is 2.11. The number of hydrogen-bond donors (Lipinski definition) is 2. The van der Waals surface area contributed by atoms with Crippen molar-refractivity contribution in [3.8, 4) is 0 Å². The highest BCUT2D eigenvalue weighted by atomic mass is 16.3. The summed E-state index contributed by atoms with van der Waals surface area (Å²) in [4.78, 5) is 27.8. The number of piperidine rings is 1. The molecular formula is C16H27N5O3. The van der Waals surface area contributed by atoms with Gasteiger partial charge in [0.25, 0.3) is 5.91 Å². The molecule has 24 heavy (non-hydrogen) atoms. The minimum absolute atomic E-state index is 0.0835. The average Bonchev–Trinajstić information content (AvgIpc) is 2.86. The molecule has 2 heterocycles. The molecule has 1 aliphatic heterocycles. The summed E-state index contributed by atoms with van der Waals surface area (Å²) in [6, 6.07) is 1.69. The van der Waals surface area contributed by atoms with Gasteiger partial charge in [-0.2, -0.15) is 5.10 Å². The molecule has 1 unspecified atom stereocenters. The van der Waals surface area contributed by atoms with E-state index in [1.165, 1.54) is 4.68 Å². The molecule has 1 aromatic heterocycles. The SMILES string of the molecule is CNC(=O)Cn1nc(C(=O)N2CCCC(O)(CN(C)C)C2)cc1C. The second-order valence-corrected chi connectivity index (χ2v) is 6.79. The predicted octanol–water partition coefficient (Wildman–Crippen LogP) is -0.534. The predicted molar refractivity (Wildman–Crippen MR) is 89.7 cm³/mol. The number of nitrogens with zero attached hydrogens (tertiary/aromatic N) is 4. The smallest absolute Gasteiger partial charge is 0.274 e. The minimum Gasteiger partial charge on any atom is -0.387 e. The molecule has 1 atom stereocenters. The van der Waals surface area contributed by atoms with Crippen LogP contribution in [0, 0.1) is 6.92 Å². The Kier molecular flexibility index (Phi) is 5.61. The van der Waals surface area contributed by atoms with Gasteiger partial charge in [0, 0.05) is 25.8 Å². The van der Waals surface area contributed by atoms with Gasteiger partial charge in [-0.1, -0.05) is 0 Å². The summed E-state index contributed by atoms with van der Waals surface area (Å²) in [6.07, 6.45) is 1.44. The van der Waals surface area contributed by atoms with Gasteiger partial charge in [0.1, 0.15) is 6.54 Å². The Hall–Kier alpha value is -1.93. The molecule has 134 valence electrons. The van der Waals surface area contributed by atoms with Crippen LogP contribution >= 0.6 is 0 Å². The molecular weight excluding hydrogens is 310 g/mol. The summed E-state index contributed by atoms with van der Waals surface area (Å²) in [7, 11) is 5.37. The van der Waals surface area contributed by atoms with Gasteiger partial charge in [-0.05, 0) is 39.9 Å². The summed E-state index contributed by atoms with van der Waals surface area (Å²) in [5.74, 6) is -0.371. The van der Waals surface area contributed by atoms with Crippen LogP contribution in [0.1, 0.15) is 29.0 Å². The molecule has 8 nitrogen and oxygen atoms in total. The van der Waals surface area contributed by atoms with E-state index < -0.39 is 5.60 Å². The summed E-state index contributed by atoms with van der Waals surface area (Å²) in [6.45, 7) is 3.31. The van der Waals surface area contributed by atoms with Crippen molar-refractivity contribution in [1.29, 1.82) is 0 Å². The number of carbonyl (C=O) groups is 2. The van der Waals surface area contributed by atoms with E-state index in [1.807, 2.05) is 25.9 Å². The first-order chi connectivity index (χ1) is 11.2. The number of hydrogen-bond acceptors (Lipinski definition) is 5. The molecule has 1 aliphatic rings. The molecule has 0 bridgehead atoms. The van der Waals surface area contributed by atoms with Gasteiger partial charge >= 0.3 is 0 Å². The summed E-state index contributed by atoms with van der Waals surface area (Å²) < 4.78 is 1.52. The van der Waals surface area contributed by atoms with Gasteiger partial charge in [-0.3, -0.25) is 14.3 Å². The lowest BCUT2D eigenvalue weighted by Gasteiger charge is -2.40. The zero-order valence-electron chi connectivity index (χ0n) is 14.9. The first-order valence-corrected chi connectivity index (χ1v) is 8.15. The summed E-state index contributed by atoms with van der Waals surface area (Å²) in [5.41, 5.74) is 0.171. The third-order valence-corrected chi connectivity index (χ3v) is 4.23. The van der Waals surface area contributed by atoms with Crippen molar-refractivity contribution in [3.05, 3.63) is 17.5 Å². The number of aryl methyl sites for hydroxylation is 1. The molecule has 0 saturated carbocycles. The fraction of sp³-hybridized carbons (Fsp3) is 0.688. The van der Waals surface area contributed by atoms with Crippen LogP contribution in [0.5, 0.6) is 0 Å². The molecule has 2 amide bonds. The van der Waals surface area contributed by atoms with Crippen LogP contribution in [0.3, 0.4) is 0 Å². The maximum Gasteiger partial charge on any atom is 0.274 e. The topological polar surface area (TPSA) is 90.7 Å². The van der Waals surface area contributed by atoms with E-state index in [0.717, 1.165) is 12.1 Å². The van der Waals surface area contributed by atoms with E-state index in [4.69, 9.17) is 0 Å². The lowest BCUT2D eigenvalue weighted by molar-refractivity contribution is -0.121. The number of likely N-dealkylation sites (tertiary alicyclic amines) is 1. The van der Waals surface area contributed by atoms with Crippen molar-refractivity contribution in [2.24, 2.45) is 0 Å². The highest BCUT2D eigenvalue weighted by Crippen LogP contribution is 2.23. The zero-order chi connectivity index (χ0) is 17.9. The van der Waals surface area contributed by atoms with Crippen LogP contribution in [-0.2, 0) is 11.3 Å². The molecule has 1 fully saturated rings. The molecule has 0 aliphatic carbocycles. The number of likely N-dealkylation sites (N-methyl/N-ethyl adjacent to an activating group) is 2. The molecule has 1 aromatic rings. The molecule has 0 aromatic carbocycles. The van der Waals surface area contributed by atoms with Gasteiger partial charge in [0.15, 0.2) is 5.69 Å². The first-order valence-electron chi connectivity index (χ1n) is 8.15. The van der Waals surface area contributed by atoms with Gasteiger partial charge in [0.05, 0.1) is 12.1 Å². The highest BCUT2D eigenvalue weighted by Gasteiger charge is 2.36. The lowest BCUT2D eigenvalue weighted by atomic mass is 9.92. The van der Waals surface area contributed by atoms with E-state index in [0.29, 0.717) is 31.7 Å². The van der Waals surface area contributed by atoms with E-state index in [1.54, 1.807) is 18.0 Å². The van der Waals surface area contributed by atoms with Gasteiger partial charge in [-0.15, -0.1) is 0 Å². The Labute approximate surface area is 142 Å². The van der Waals surface area contributed by atoms with Gasteiger partial charge in [-0.25, -0.2) is 0 Å². The number of aromatic nitrogens is 2. The van der Waals surface area contributed by atoms with Crippen molar-refractivity contribution in [1.82, 2.24) is 24.9 Å². The Morgan fingerprint density at radius 3 is 2.79 bits per heavy atom. The number of nitrogens with one attached hydrogen (secondary N) is 1. The third kappa shape index (κ3) is 4.33. The number of aliphatic hydroxyl groups is 1. The highest BCUT2D eigenvalue weighted by molar-refractivity contribution is 5.92. The van der Waals surface area contributed by atoms with Gasteiger partial charge < -0.3 is 20.2 Å². The van der Waals surface area contributed by atoms with Gasteiger partial charge in [0.2, 0.25) is 5.91 Å². The van der Waals surface area contributed by atoms with Crippen molar-refractivity contribution < 1.29 is 14.7 Å². The minimum atomic E-state index is -0.892. The second kappa shape index (κ2) is 7.31. The maximum absolute atomic E-state index is 12.7. The molecule has 2 N–H and O–H groups in total. The Bertz CT molecular complexity index is 613. The third-order valence-electron chi connectivity index (χ3n) is 4.23. The lowest BCUT2D eigenvalue weighted by Crippen LogP contribution is -2.54. The van der Waals surface area contributed by atoms with Crippen LogP contribution in [0.15, 0.2) is 6.07 Å². The fourth-order valence-corrected chi connectivity index (χ4v) is 3.16. The number of β-amino-alcohol motifs (C(OH)–C–C–N with tert-alkyl or cyclic N) is 1. The number of rotatable bonds is 5. The summed E-state index contributed by atoms with van der Waals surface area (Å²) in [5, 5.41) is 17.5.